The maximum atomic E-state index is 12.0. The molecule has 2 heterocycles. The number of hydrogen-bond donors (Lipinski definition) is 1. The van der Waals surface area contributed by atoms with Crippen molar-refractivity contribution in [3.05, 3.63) is 17.3 Å². The summed E-state index contributed by atoms with van der Waals surface area (Å²) < 4.78 is 0. The van der Waals surface area contributed by atoms with Crippen molar-refractivity contribution in [3.63, 3.8) is 0 Å². The van der Waals surface area contributed by atoms with Crippen LogP contribution in [0.4, 0.5) is 0 Å². The van der Waals surface area contributed by atoms with Crippen molar-refractivity contribution in [2.45, 2.75) is 32.2 Å². The molecule has 0 saturated carbocycles. The minimum absolute atomic E-state index is 0.0554. The van der Waals surface area contributed by atoms with Gasteiger partial charge in [-0.2, -0.15) is 0 Å². The molecule has 0 saturated heterocycles. The smallest absolute Gasteiger partial charge is 0.230 e. The van der Waals surface area contributed by atoms with Gasteiger partial charge < -0.3 is 10.2 Å². The number of amides is 1. The summed E-state index contributed by atoms with van der Waals surface area (Å²) >= 11 is 3.18. The highest BCUT2D eigenvalue weighted by atomic mass is 32.2. The standard InChI is InChI=1S/C16H24N4OS2/c1-4-12-9-13-15(18-11-19-16(13)23-12)22-10-14(21)17-7-8-20(5-2)6-3/h9,11H,4-8,10H2,1-3H3,(H,17,21). The molecule has 0 aliphatic rings. The fourth-order valence-corrected chi connectivity index (χ4v) is 4.05. The minimum Gasteiger partial charge on any atom is -0.354 e. The second kappa shape index (κ2) is 9.20. The number of hydrogen-bond acceptors (Lipinski definition) is 6. The van der Waals surface area contributed by atoms with Gasteiger partial charge in [-0.3, -0.25) is 4.79 Å². The number of likely N-dealkylation sites (N-methyl/N-ethyl adjacent to an activating group) is 1. The molecule has 2 aromatic heterocycles. The molecule has 2 rings (SSSR count). The molecular formula is C16H24N4OS2. The summed E-state index contributed by atoms with van der Waals surface area (Å²) in [7, 11) is 0. The molecule has 0 fully saturated rings. The first-order chi connectivity index (χ1) is 11.2. The number of nitrogens with one attached hydrogen (secondary N) is 1. The summed E-state index contributed by atoms with van der Waals surface area (Å²) in [5, 5.41) is 4.93. The lowest BCUT2D eigenvalue weighted by molar-refractivity contribution is -0.118. The van der Waals surface area contributed by atoms with Crippen LogP contribution in [0.5, 0.6) is 0 Å². The number of thiophene rings is 1. The predicted octanol–water partition coefficient (Wildman–Crippen LogP) is 2.80. The van der Waals surface area contributed by atoms with Gasteiger partial charge in [-0.05, 0) is 25.6 Å². The van der Waals surface area contributed by atoms with Gasteiger partial charge in [-0.15, -0.1) is 11.3 Å². The van der Waals surface area contributed by atoms with Gasteiger partial charge in [0.05, 0.1) is 5.75 Å². The Labute approximate surface area is 145 Å². The van der Waals surface area contributed by atoms with E-state index >= 15 is 0 Å². The average Bonchev–Trinajstić information content (AvgIpc) is 3.00. The third-order valence-electron chi connectivity index (χ3n) is 3.68. The first kappa shape index (κ1) is 18.2. The topological polar surface area (TPSA) is 58.1 Å². The number of nitrogens with zero attached hydrogens (tertiary/aromatic N) is 3. The van der Waals surface area contributed by atoms with Crippen LogP contribution in [-0.4, -0.2) is 52.7 Å². The van der Waals surface area contributed by atoms with Crippen molar-refractivity contribution in [2.75, 3.05) is 31.9 Å². The Bertz CT molecular complexity index is 640. The maximum Gasteiger partial charge on any atom is 0.230 e. The largest absolute Gasteiger partial charge is 0.354 e. The number of rotatable bonds is 9. The maximum absolute atomic E-state index is 12.0. The third kappa shape index (κ3) is 5.16. The van der Waals surface area contributed by atoms with Crippen LogP contribution >= 0.6 is 23.1 Å². The summed E-state index contributed by atoms with van der Waals surface area (Å²) in [6, 6.07) is 2.14. The Morgan fingerprint density at radius 3 is 2.78 bits per heavy atom. The fraction of sp³-hybridized carbons (Fsp3) is 0.562. The quantitative estimate of drug-likeness (QED) is 0.555. The van der Waals surface area contributed by atoms with Crippen LogP contribution in [0.2, 0.25) is 0 Å². The Morgan fingerprint density at radius 1 is 1.30 bits per heavy atom. The van der Waals surface area contributed by atoms with Gasteiger partial charge in [0.25, 0.3) is 0 Å². The van der Waals surface area contributed by atoms with Gasteiger partial charge >= 0.3 is 0 Å². The van der Waals surface area contributed by atoms with Crippen molar-refractivity contribution in [1.82, 2.24) is 20.2 Å². The van der Waals surface area contributed by atoms with E-state index in [1.54, 1.807) is 17.7 Å². The van der Waals surface area contributed by atoms with Gasteiger partial charge in [-0.1, -0.05) is 32.5 Å². The van der Waals surface area contributed by atoms with Crippen molar-refractivity contribution >= 4 is 39.2 Å². The first-order valence-electron chi connectivity index (χ1n) is 8.03. The number of carbonyl (C=O) groups is 1. The van der Waals surface area contributed by atoms with E-state index in [0.717, 1.165) is 41.3 Å². The highest BCUT2D eigenvalue weighted by molar-refractivity contribution is 8.00. The zero-order valence-corrected chi connectivity index (χ0v) is 15.6. The van der Waals surface area contributed by atoms with E-state index in [2.05, 4.69) is 47.0 Å². The van der Waals surface area contributed by atoms with Crippen LogP contribution < -0.4 is 5.32 Å². The Kier molecular flexibility index (Phi) is 7.26. The Balaban J connectivity index is 1.86. The number of aryl methyl sites for hydroxylation is 1. The molecule has 0 aliphatic carbocycles. The monoisotopic (exact) mass is 352 g/mol. The minimum atomic E-state index is 0.0554. The van der Waals surface area contributed by atoms with Crippen LogP contribution in [-0.2, 0) is 11.2 Å². The van der Waals surface area contributed by atoms with Crippen LogP contribution in [0.1, 0.15) is 25.6 Å². The van der Waals surface area contributed by atoms with Crippen LogP contribution in [0.15, 0.2) is 17.4 Å². The summed E-state index contributed by atoms with van der Waals surface area (Å²) in [5.74, 6) is 0.446. The second-order valence-electron chi connectivity index (χ2n) is 5.13. The van der Waals surface area contributed by atoms with Gasteiger partial charge in [0.2, 0.25) is 5.91 Å². The molecule has 1 amide bonds. The van der Waals surface area contributed by atoms with E-state index in [4.69, 9.17) is 0 Å². The molecule has 0 aliphatic heterocycles. The van der Waals surface area contributed by atoms with Crippen LogP contribution in [0, 0.1) is 0 Å². The SMILES string of the molecule is CCc1cc2c(SCC(=O)NCCN(CC)CC)ncnc2s1. The third-order valence-corrected chi connectivity index (χ3v) is 5.87. The molecule has 23 heavy (non-hydrogen) atoms. The van der Waals surface area contributed by atoms with E-state index in [9.17, 15) is 4.79 Å². The van der Waals surface area contributed by atoms with Crippen molar-refractivity contribution < 1.29 is 4.79 Å². The summed E-state index contributed by atoms with van der Waals surface area (Å²) in [4.78, 5) is 25.2. The van der Waals surface area contributed by atoms with E-state index < -0.39 is 0 Å². The second-order valence-corrected chi connectivity index (χ2v) is 7.21. The van der Waals surface area contributed by atoms with Gasteiger partial charge in [0, 0.05) is 23.4 Å². The molecule has 2 aromatic rings. The van der Waals surface area contributed by atoms with Crippen molar-refractivity contribution in [2.24, 2.45) is 0 Å². The van der Waals surface area contributed by atoms with Gasteiger partial charge in [-0.25, -0.2) is 9.97 Å². The highest BCUT2D eigenvalue weighted by Crippen LogP contribution is 2.30. The van der Waals surface area contributed by atoms with Gasteiger partial charge in [0.15, 0.2) is 0 Å². The van der Waals surface area contributed by atoms with Crippen LogP contribution in [0.25, 0.3) is 10.2 Å². The molecule has 7 heteroatoms. The van der Waals surface area contributed by atoms with E-state index in [1.807, 2.05) is 0 Å². The highest BCUT2D eigenvalue weighted by Gasteiger charge is 2.10. The summed E-state index contributed by atoms with van der Waals surface area (Å²) in [5.41, 5.74) is 0. The lowest BCUT2D eigenvalue weighted by Gasteiger charge is -2.17. The number of fused-ring (bicyclic) bond motifs is 1. The molecule has 5 nitrogen and oxygen atoms in total. The number of thioether (sulfide) groups is 1. The molecule has 0 aromatic carbocycles. The molecule has 0 atom stereocenters. The number of carbonyl (C=O) groups excluding carboxylic acids is 1. The molecular weight excluding hydrogens is 328 g/mol. The lowest BCUT2D eigenvalue weighted by atomic mass is 10.3. The fourth-order valence-electron chi connectivity index (χ4n) is 2.25. The lowest BCUT2D eigenvalue weighted by Crippen LogP contribution is -2.35. The molecule has 0 radical (unpaired) electrons. The van der Waals surface area contributed by atoms with Gasteiger partial charge in [0.1, 0.15) is 16.2 Å². The molecule has 126 valence electrons. The molecule has 0 spiro atoms. The Morgan fingerprint density at radius 2 is 2.09 bits per heavy atom. The molecule has 0 unspecified atom stereocenters. The van der Waals surface area contributed by atoms with E-state index in [1.165, 1.54) is 16.6 Å². The molecule has 0 bridgehead atoms. The zero-order valence-electron chi connectivity index (χ0n) is 14.0. The summed E-state index contributed by atoms with van der Waals surface area (Å²) in [6.07, 6.45) is 2.58. The van der Waals surface area contributed by atoms with E-state index in [0.29, 0.717) is 12.3 Å². The first-order valence-corrected chi connectivity index (χ1v) is 9.83. The normalized spacial score (nSPS) is 11.3. The average molecular weight is 353 g/mol. The number of aromatic nitrogens is 2. The molecule has 1 N–H and O–H groups in total. The van der Waals surface area contributed by atoms with Crippen molar-refractivity contribution in [1.29, 1.82) is 0 Å². The predicted molar refractivity (Wildman–Crippen MR) is 98.3 cm³/mol. The van der Waals surface area contributed by atoms with Crippen LogP contribution in [0.3, 0.4) is 0 Å². The van der Waals surface area contributed by atoms with E-state index in [-0.39, 0.29) is 5.91 Å². The zero-order chi connectivity index (χ0) is 16.7. The Hall–Kier alpha value is -1.18. The van der Waals surface area contributed by atoms with Crippen molar-refractivity contribution in [3.8, 4) is 0 Å². The summed E-state index contributed by atoms with van der Waals surface area (Å²) in [6.45, 7) is 10.0.